The normalized spacial score (nSPS) is 12.2. The number of benzene rings is 4. The topological polar surface area (TPSA) is 52.6 Å². The molecule has 0 amide bonds. The zero-order chi connectivity index (χ0) is 35.7. The molecule has 0 N–H and O–H groups in total. The SMILES string of the molecule is CCCCCc1cc(C(C)(C)c2ccc(Oc3ccc(S(=O)(=O)c4ccc(OC)cc4)cc3)c(CCC[Si](CC)(CC)CC)c2)ccc1C. The fourth-order valence-corrected chi connectivity index (χ4v) is 11.7. The van der Waals surface area contributed by atoms with Gasteiger partial charge in [0.1, 0.15) is 17.2 Å². The molecule has 0 radical (unpaired) electrons. The van der Waals surface area contributed by atoms with E-state index in [1.54, 1.807) is 55.6 Å². The minimum atomic E-state index is -3.66. The van der Waals surface area contributed by atoms with Crippen LogP contribution in [0.3, 0.4) is 0 Å². The first-order valence-electron chi connectivity index (χ1n) is 18.3. The van der Waals surface area contributed by atoms with Gasteiger partial charge in [-0.15, -0.1) is 0 Å². The highest BCUT2D eigenvalue weighted by atomic mass is 32.2. The van der Waals surface area contributed by atoms with E-state index in [0.29, 0.717) is 11.5 Å². The van der Waals surface area contributed by atoms with Crippen molar-refractivity contribution in [1.82, 2.24) is 0 Å². The van der Waals surface area contributed by atoms with Crippen molar-refractivity contribution >= 4 is 17.9 Å². The maximum atomic E-state index is 13.3. The molecular weight excluding hydrogens is 641 g/mol. The minimum Gasteiger partial charge on any atom is -0.497 e. The Kier molecular flexibility index (Phi) is 13.4. The van der Waals surface area contributed by atoms with E-state index >= 15 is 0 Å². The third kappa shape index (κ3) is 9.26. The van der Waals surface area contributed by atoms with Crippen LogP contribution in [0.2, 0.25) is 24.2 Å². The van der Waals surface area contributed by atoms with Crippen molar-refractivity contribution in [3.63, 3.8) is 0 Å². The van der Waals surface area contributed by atoms with E-state index in [-0.39, 0.29) is 15.2 Å². The molecule has 0 fully saturated rings. The van der Waals surface area contributed by atoms with E-state index in [1.165, 1.54) is 71.3 Å². The number of hydrogen-bond donors (Lipinski definition) is 0. The highest BCUT2D eigenvalue weighted by molar-refractivity contribution is 7.91. The Bertz CT molecular complexity index is 1750. The van der Waals surface area contributed by atoms with E-state index < -0.39 is 17.9 Å². The van der Waals surface area contributed by atoms with Gasteiger partial charge in [-0.3, -0.25) is 0 Å². The summed E-state index contributed by atoms with van der Waals surface area (Å²) in [5.41, 5.74) is 6.49. The van der Waals surface area contributed by atoms with Crippen molar-refractivity contribution < 1.29 is 17.9 Å². The molecular formula is C43H58O4SSi. The van der Waals surface area contributed by atoms with Crippen LogP contribution in [0.15, 0.2) is 94.7 Å². The maximum absolute atomic E-state index is 13.3. The average molecular weight is 699 g/mol. The second-order valence-electron chi connectivity index (χ2n) is 14.2. The molecule has 0 aromatic heterocycles. The van der Waals surface area contributed by atoms with Crippen LogP contribution >= 0.6 is 0 Å². The number of rotatable bonds is 18. The number of ether oxygens (including phenoxy) is 2. The average Bonchev–Trinajstić information content (AvgIpc) is 3.12. The Balaban J connectivity index is 1.64. The molecule has 0 saturated carbocycles. The van der Waals surface area contributed by atoms with Crippen molar-refractivity contribution in [3.05, 3.63) is 113 Å². The third-order valence-corrected chi connectivity index (χ3v) is 18.7. The van der Waals surface area contributed by atoms with Crippen LogP contribution in [-0.4, -0.2) is 23.6 Å². The fraction of sp³-hybridized carbons (Fsp3) is 0.442. The molecule has 4 aromatic rings. The highest BCUT2D eigenvalue weighted by Crippen LogP contribution is 2.38. The molecule has 4 nitrogen and oxygen atoms in total. The van der Waals surface area contributed by atoms with Crippen LogP contribution in [0.4, 0.5) is 0 Å². The summed E-state index contributed by atoms with van der Waals surface area (Å²) >= 11 is 0. The lowest BCUT2D eigenvalue weighted by atomic mass is 9.76. The van der Waals surface area contributed by atoms with Crippen molar-refractivity contribution in [3.8, 4) is 17.2 Å². The van der Waals surface area contributed by atoms with Crippen molar-refractivity contribution in [1.29, 1.82) is 0 Å². The van der Waals surface area contributed by atoms with Gasteiger partial charge in [0.2, 0.25) is 9.84 Å². The summed E-state index contributed by atoms with van der Waals surface area (Å²) in [7, 11) is -3.35. The Labute approximate surface area is 298 Å². The molecule has 4 rings (SSSR count). The number of methoxy groups -OCH3 is 1. The summed E-state index contributed by atoms with van der Waals surface area (Å²) in [5, 5.41) is 0. The lowest BCUT2D eigenvalue weighted by molar-refractivity contribution is 0.414. The van der Waals surface area contributed by atoms with Crippen molar-refractivity contribution in [2.75, 3.05) is 7.11 Å². The van der Waals surface area contributed by atoms with Gasteiger partial charge in [-0.25, -0.2) is 8.42 Å². The summed E-state index contributed by atoms with van der Waals surface area (Å²) in [4.78, 5) is 0.462. The lowest BCUT2D eigenvalue weighted by Crippen LogP contribution is -2.30. The van der Waals surface area contributed by atoms with E-state index in [2.05, 4.69) is 84.9 Å². The number of aryl methyl sites for hydroxylation is 3. The maximum Gasteiger partial charge on any atom is 0.206 e. The zero-order valence-electron chi connectivity index (χ0n) is 31.2. The molecule has 264 valence electrons. The van der Waals surface area contributed by atoms with Gasteiger partial charge in [0, 0.05) is 5.41 Å². The third-order valence-electron chi connectivity index (χ3n) is 11.0. The van der Waals surface area contributed by atoms with E-state index in [0.717, 1.165) is 25.0 Å². The second-order valence-corrected chi connectivity index (χ2v) is 21.8. The molecule has 0 atom stereocenters. The molecule has 0 aliphatic heterocycles. The summed E-state index contributed by atoms with van der Waals surface area (Å²) in [6, 6.07) is 32.3. The number of unbranched alkanes of at least 4 members (excludes halogenated alkanes) is 2. The summed E-state index contributed by atoms with van der Waals surface area (Å²) in [5.74, 6) is 2.08. The predicted molar refractivity (Wildman–Crippen MR) is 208 cm³/mol. The standard InChI is InChI=1S/C43H58O4SSi/c1-9-13-14-16-34-31-36(19-18-33(34)5)43(6,7)37-20-29-42(35(32-37)17-15-30-49(10-2,11-3)12-4)47-39-23-27-41(28-24-39)48(44,45)40-25-21-38(46-8)22-26-40/h18-29,31-32H,9-17,30H2,1-8H3. The lowest BCUT2D eigenvalue weighted by Gasteiger charge is -2.29. The van der Waals surface area contributed by atoms with Crippen LogP contribution < -0.4 is 9.47 Å². The first kappa shape index (κ1) is 38.4. The van der Waals surface area contributed by atoms with Crippen LogP contribution in [-0.2, 0) is 28.1 Å². The number of sulfone groups is 1. The van der Waals surface area contributed by atoms with E-state index in [9.17, 15) is 8.42 Å². The smallest absolute Gasteiger partial charge is 0.206 e. The van der Waals surface area contributed by atoms with Gasteiger partial charge in [0.15, 0.2) is 0 Å². The fourth-order valence-electron chi connectivity index (χ4n) is 6.96. The van der Waals surface area contributed by atoms with Gasteiger partial charge in [0.05, 0.1) is 25.0 Å². The summed E-state index contributed by atoms with van der Waals surface area (Å²) in [6.07, 6.45) is 6.94. The molecule has 49 heavy (non-hydrogen) atoms. The Morgan fingerprint density at radius 3 is 1.73 bits per heavy atom. The van der Waals surface area contributed by atoms with Gasteiger partial charge in [-0.1, -0.05) is 115 Å². The van der Waals surface area contributed by atoms with Crippen molar-refractivity contribution in [2.45, 2.75) is 126 Å². The van der Waals surface area contributed by atoms with Crippen LogP contribution in [0.25, 0.3) is 0 Å². The Hall–Kier alpha value is -3.35. The van der Waals surface area contributed by atoms with Gasteiger partial charge in [0.25, 0.3) is 0 Å². The van der Waals surface area contributed by atoms with Crippen LogP contribution in [0, 0.1) is 6.92 Å². The molecule has 0 unspecified atom stereocenters. The van der Waals surface area contributed by atoms with Gasteiger partial charge >= 0.3 is 0 Å². The summed E-state index contributed by atoms with van der Waals surface area (Å²) < 4.78 is 38.3. The molecule has 0 heterocycles. The molecule has 0 spiro atoms. The van der Waals surface area contributed by atoms with E-state index in [1.807, 2.05) is 0 Å². The van der Waals surface area contributed by atoms with Gasteiger partial charge < -0.3 is 9.47 Å². The van der Waals surface area contributed by atoms with Gasteiger partial charge in [-0.2, -0.15) is 0 Å². The van der Waals surface area contributed by atoms with Crippen LogP contribution in [0.1, 0.15) is 95.0 Å². The molecule has 0 saturated heterocycles. The molecule has 4 aromatic carbocycles. The second kappa shape index (κ2) is 17.0. The summed E-state index contributed by atoms with van der Waals surface area (Å²) in [6.45, 7) is 16.3. The molecule has 0 aliphatic rings. The monoisotopic (exact) mass is 698 g/mol. The first-order valence-corrected chi connectivity index (χ1v) is 22.6. The van der Waals surface area contributed by atoms with Crippen LogP contribution in [0.5, 0.6) is 17.2 Å². The largest absolute Gasteiger partial charge is 0.497 e. The molecule has 0 aliphatic carbocycles. The zero-order valence-corrected chi connectivity index (χ0v) is 33.0. The first-order chi connectivity index (χ1) is 23.4. The number of hydrogen-bond acceptors (Lipinski definition) is 4. The quantitative estimate of drug-likeness (QED) is 0.0767. The highest BCUT2D eigenvalue weighted by Gasteiger charge is 2.28. The molecule has 6 heteroatoms. The Morgan fingerprint density at radius 2 is 1.18 bits per heavy atom. The minimum absolute atomic E-state index is 0.174. The van der Waals surface area contributed by atoms with E-state index in [4.69, 9.17) is 9.47 Å². The van der Waals surface area contributed by atoms with Gasteiger partial charge in [-0.05, 0) is 109 Å². The van der Waals surface area contributed by atoms with Crippen molar-refractivity contribution in [2.24, 2.45) is 0 Å². The Morgan fingerprint density at radius 1 is 0.653 bits per heavy atom. The predicted octanol–water partition coefficient (Wildman–Crippen LogP) is 12.1. The molecule has 0 bridgehead atoms.